The Morgan fingerprint density at radius 1 is 1.55 bits per heavy atom. The number of hydrogen-bond acceptors (Lipinski definition) is 2. The van der Waals surface area contributed by atoms with Gasteiger partial charge in [0.1, 0.15) is 6.29 Å². The summed E-state index contributed by atoms with van der Waals surface area (Å²) >= 11 is 0. The number of rotatable bonds is 6. The average Bonchev–Trinajstić information content (AvgIpc) is 2.81. The van der Waals surface area contributed by atoms with Crippen LogP contribution in [0.3, 0.4) is 0 Å². The van der Waals surface area contributed by atoms with Gasteiger partial charge in [0.05, 0.1) is 0 Å². The first-order valence-electron chi connectivity index (χ1n) is 4.56. The molecule has 0 atom stereocenters. The quantitative estimate of drug-likeness (QED) is 0.427. The van der Waals surface area contributed by atoms with Crippen molar-refractivity contribution in [1.29, 1.82) is 0 Å². The number of unbranched alkanes of at least 4 members (excludes halogenated alkanes) is 1. The van der Waals surface area contributed by atoms with Gasteiger partial charge in [-0.3, -0.25) is 0 Å². The van der Waals surface area contributed by atoms with Crippen LogP contribution in [-0.2, 0) is 4.79 Å². The molecule has 0 spiro atoms. The minimum Gasteiger partial charge on any atom is -0.303 e. The summed E-state index contributed by atoms with van der Waals surface area (Å²) in [4.78, 5) is 12.5. The van der Waals surface area contributed by atoms with E-state index in [9.17, 15) is 4.79 Å². The summed E-state index contributed by atoms with van der Waals surface area (Å²) in [6.07, 6.45) is 5.52. The van der Waals surface area contributed by atoms with Crippen LogP contribution in [0.5, 0.6) is 0 Å². The molecule has 64 valence electrons. The summed E-state index contributed by atoms with van der Waals surface area (Å²) in [6.45, 7) is 4.45. The molecular formula is C9H17NO. The van der Waals surface area contributed by atoms with Crippen LogP contribution in [0.2, 0.25) is 0 Å². The molecule has 0 aromatic heterocycles. The molecule has 0 N–H and O–H groups in total. The molecule has 1 aliphatic rings. The number of aldehydes is 1. The maximum absolute atomic E-state index is 10.0. The molecule has 0 heterocycles. The van der Waals surface area contributed by atoms with Gasteiger partial charge in [-0.1, -0.05) is 6.92 Å². The normalized spacial score (nSPS) is 17.3. The average molecular weight is 155 g/mol. The van der Waals surface area contributed by atoms with E-state index in [1.54, 1.807) is 0 Å². The summed E-state index contributed by atoms with van der Waals surface area (Å²) in [7, 11) is 0. The lowest BCUT2D eigenvalue weighted by atomic mass is 10.3. The molecule has 1 saturated carbocycles. The second-order valence-corrected chi connectivity index (χ2v) is 3.17. The van der Waals surface area contributed by atoms with Crippen molar-refractivity contribution >= 4 is 6.29 Å². The van der Waals surface area contributed by atoms with E-state index in [1.165, 1.54) is 12.8 Å². The fourth-order valence-electron chi connectivity index (χ4n) is 1.42. The van der Waals surface area contributed by atoms with Gasteiger partial charge in [-0.05, 0) is 32.4 Å². The maximum atomic E-state index is 10.0. The van der Waals surface area contributed by atoms with Crippen LogP contribution in [0.4, 0.5) is 0 Å². The van der Waals surface area contributed by atoms with Crippen molar-refractivity contribution in [3.05, 3.63) is 0 Å². The molecule has 0 saturated heterocycles. The Hall–Kier alpha value is -0.370. The minimum absolute atomic E-state index is 0.725. The zero-order chi connectivity index (χ0) is 8.10. The van der Waals surface area contributed by atoms with Gasteiger partial charge < -0.3 is 9.69 Å². The van der Waals surface area contributed by atoms with Crippen LogP contribution in [0.15, 0.2) is 0 Å². The third kappa shape index (κ3) is 3.02. The third-order valence-electron chi connectivity index (χ3n) is 2.24. The Morgan fingerprint density at radius 3 is 2.73 bits per heavy atom. The van der Waals surface area contributed by atoms with Crippen LogP contribution < -0.4 is 0 Å². The highest BCUT2D eigenvalue weighted by molar-refractivity contribution is 5.49. The van der Waals surface area contributed by atoms with Crippen LogP contribution in [-0.4, -0.2) is 30.3 Å². The predicted molar refractivity (Wildman–Crippen MR) is 45.6 cm³/mol. The molecule has 0 aromatic carbocycles. The van der Waals surface area contributed by atoms with Crippen LogP contribution in [0, 0.1) is 0 Å². The first-order chi connectivity index (χ1) is 5.38. The number of nitrogens with zero attached hydrogens (tertiary/aromatic N) is 1. The van der Waals surface area contributed by atoms with E-state index in [1.807, 2.05) is 0 Å². The molecule has 1 rings (SSSR count). The fraction of sp³-hybridized carbons (Fsp3) is 0.889. The molecule has 0 radical (unpaired) electrons. The molecule has 2 heteroatoms. The third-order valence-corrected chi connectivity index (χ3v) is 2.24. The first kappa shape index (κ1) is 8.72. The van der Waals surface area contributed by atoms with Gasteiger partial charge in [0.25, 0.3) is 0 Å². The van der Waals surface area contributed by atoms with Crippen LogP contribution in [0.25, 0.3) is 0 Å². The first-order valence-corrected chi connectivity index (χ1v) is 4.56. The zero-order valence-corrected chi connectivity index (χ0v) is 7.25. The molecule has 0 amide bonds. The largest absolute Gasteiger partial charge is 0.303 e. The van der Waals surface area contributed by atoms with Gasteiger partial charge in [-0.15, -0.1) is 0 Å². The number of hydrogen-bond donors (Lipinski definition) is 0. The molecule has 0 bridgehead atoms. The Labute approximate surface area is 68.6 Å². The topological polar surface area (TPSA) is 20.3 Å². The van der Waals surface area contributed by atoms with Crippen LogP contribution in [0.1, 0.15) is 32.6 Å². The van der Waals surface area contributed by atoms with Crippen molar-refractivity contribution in [3.8, 4) is 0 Å². The van der Waals surface area contributed by atoms with Gasteiger partial charge in [0.15, 0.2) is 0 Å². The lowest BCUT2D eigenvalue weighted by molar-refractivity contribution is -0.108. The van der Waals surface area contributed by atoms with Gasteiger partial charge in [0.2, 0.25) is 0 Å². The fourth-order valence-corrected chi connectivity index (χ4v) is 1.42. The number of carbonyl (C=O) groups is 1. The second-order valence-electron chi connectivity index (χ2n) is 3.17. The zero-order valence-electron chi connectivity index (χ0n) is 7.25. The number of carbonyl (C=O) groups excluding carboxylic acids is 1. The lowest BCUT2D eigenvalue weighted by Crippen LogP contribution is -2.26. The Morgan fingerprint density at radius 2 is 2.27 bits per heavy atom. The Balaban J connectivity index is 2.05. The standard InChI is InChI=1S/C9H17NO/c1-2-10(9-5-6-9)7-3-4-8-11/h8-9H,2-7H2,1H3. The molecule has 1 aliphatic carbocycles. The molecule has 11 heavy (non-hydrogen) atoms. The summed E-state index contributed by atoms with van der Waals surface area (Å²) in [5.41, 5.74) is 0. The lowest BCUT2D eigenvalue weighted by Gasteiger charge is -2.18. The van der Waals surface area contributed by atoms with Crippen molar-refractivity contribution in [2.75, 3.05) is 13.1 Å². The van der Waals surface area contributed by atoms with E-state index in [0.29, 0.717) is 0 Å². The second kappa shape index (κ2) is 4.50. The maximum Gasteiger partial charge on any atom is 0.120 e. The molecule has 2 nitrogen and oxygen atoms in total. The van der Waals surface area contributed by atoms with E-state index in [-0.39, 0.29) is 0 Å². The molecule has 0 aromatic rings. The Bertz CT molecular complexity index is 121. The molecular weight excluding hydrogens is 138 g/mol. The molecule has 1 fully saturated rings. The summed E-state index contributed by atoms with van der Waals surface area (Å²) < 4.78 is 0. The minimum atomic E-state index is 0.725. The van der Waals surface area contributed by atoms with Gasteiger partial charge in [0, 0.05) is 12.5 Å². The monoisotopic (exact) mass is 155 g/mol. The van der Waals surface area contributed by atoms with Crippen molar-refractivity contribution < 1.29 is 4.79 Å². The van der Waals surface area contributed by atoms with E-state index >= 15 is 0 Å². The van der Waals surface area contributed by atoms with Gasteiger partial charge in [-0.2, -0.15) is 0 Å². The highest BCUT2D eigenvalue weighted by Gasteiger charge is 2.26. The Kier molecular flexibility index (Phi) is 3.57. The van der Waals surface area contributed by atoms with E-state index in [4.69, 9.17) is 0 Å². The molecule has 0 unspecified atom stereocenters. The summed E-state index contributed by atoms with van der Waals surface area (Å²) in [5.74, 6) is 0. The van der Waals surface area contributed by atoms with E-state index < -0.39 is 0 Å². The highest BCUT2D eigenvalue weighted by atomic mass is 16.1. The summed E-state index contributed by atoms with van der Waals surface area (Å²) in [5, 5.41) is 0. The summed E-state index contributed by atoms with van der Waals surface area (Å²) in [6, 6.07) is 0.853. The molecule has 0 aliphatic heterocycles. The van der Waals surface area contributed by atoms with Gasteiger partial charge in [-0.25, -0.2) is 0 Å². The SMILES string of the molecule is CCN(CCCC=O)C1CC1. The predicted octanol–water partition coefficient (Wildman–Crippen LogP) is 1.45. The smallest absolute Gasteiger partial charge is 0.120 e. The van der Waals surface area contributed by atoms with Crippen molar-refractivity contribution in [2.45, 2.75) is 38.6 Å². The van der Waals surface area contributed by atoms with Gasteiger partial charge >= 0.3 is 0 Å². The highest BCUT2D eigenvalue weighted by Crippen LogP contribution is 2.26. The van der Waals surface area contributed by atoms with Crippen LogP contribution >= 0.6 is 0 Å². The van der Waals surface area contributed by atoms with Crippen molar-refractivity contribution in [3.63, 3.8) is 0 Å². The van der Waals surface area contributed by atoms with E-state index in [2.05, 4.69) is 11.8 Å². The van der Waals surface area contributed by atoms with E-state index in [0.717, 1.165) is 38.3 Å². The van der Waals surface area contributed by atoms with Crippen molar-refractivity contribution in [2.24, 2.45) is 0 Å². The van der Waals surface area contributed by atoms with Crippen molar-refractivity contribution in [1.82, 2.24) is 4.90 Å².